The fourth-order valence-electron chi connectivity index (χ4n) is 3.69. The van der Waals surface area contributed by atoms with Crippen LogP contribution in [-0.4, -0.2) is 45.2 Å². The van der Waals surface area contributed by atoms with Gasteiger partial charge in [0.05, 0.1) is 18.7 Å². The molecule has 1 fully saturated rings. The second-order valence-electron chi connectivity index (χ2n) is 7.46. The molecule has 0 unspecified atom stereocenters. The second kappa shape index (κ2) is 10.1. The molecule has 4 N–H and O–H groups in total. The molecule has 3 rings (SSSR count). The highest BCUT2D eigenvalue weighted by Gasteiger charge is 2.53. The number of carboxylic acids is 1. The topological polar surface area (TPSA) is 145 Å². The minimum Gasteiger partial charge on any atom is -0.481 e. The lowest BCUT2D eigenvalue weighted by atomic mass is 9.91. The maximum absolute atomic E-state index is 13.5. The molecule has 1 aliphatic rings. The molecule has 0 spiro atoms. The number of nitrogens with zero attached hydrogens (tertiary/aromatic N) is 3. The number of amides is 4. The van der Waals surface area contributed by atoms with Crippen molar-refractivity contribution < 1.29 is 24.3 Å². The molecule has 2 aromatic rings. The minimum absolute atomic E-state index is 0. The summed E-state index contributed by atoms with van der Waals surface area (Å²) in [6.45, 7) is 2.70. The van der Waals surface area contributed by atoms with Crippen molar-refractivity contribution in [3.8, 4) is 0 Å². The highest BCUT2D eigenvalue weighted by Crippen LogP contribution is 2.34. The number of carbonyl (C=O) groups is 4. The zero-order valence-corrected chi connectivity index (χ0v) is 18.8. The molecule has 0 radical (unpaired) electrons. The predicted octanol–water partition coefficient (Wildman–Crippen LogP) is 2.15. The van der Waals surface area contributed by atoms with Gasteiger partial charge in [0.2, 0.25) is 5.91 Å². The maximum atomic E-state index is 13.5. The summed E-state index contributed by atoms with van der Waals surface area (Å²) in [5, 5.41) is 17.1. The Morgan fingerprint density at radius 2 is 1.79 bits per heavy atom. The average molecular weight is 474 g/mol. The summed E-state index contributed by atoms with van der Waals surface area (Å²) in [7, 11) is 0. The first kappa shape index (κ1) is 25.3. The monoisotopic (exact) mass is 473 g/mol. The van der Waals surface area contributed by atoms with Crippen LogP contribution in [0, 0.1) is 0 Å². The number of benzene rings is 2. The van der Waals surface area contributed by atoms with E-state index in [0.717, 1.165) is 5.01 Å². The van der Waals surface area contributed by atoms with E-state index in [2.05, 4.69) is 10.4 Å². The normalized spacial score (nSPS) is 18.5. The van der Waals surface area contributed by atoms with Gasteiger partial charge in [-0.1, -0.05) is 54.6 Å². The fraction of sp³-hybridized carbons (Fsp3) is 0.227. The largest absolute Gasteiger partial charge is 0.481 e. The van der Waals surface area contributed by atoms with Crippen LogP contribution in [0.1, 0.15) is 43.0 Å². The minimum atomic E-state index is -1.46. The van der Waals surface area contributed by atoms with E-state index >= 15 is 0 Å². The van der Waals surface area contributed by atoms with Crippen LogP contribution in [-0.2, 0) is 19.9 Å². The number of urea groups is 1. The van der Waals surface area contributed by atoms with E-state index in [1.165, 1.54) is 20.1 Å². The summed E-state index contributed by atoms with van der Waals surface area (Å²) < 4.78 is 0. The van der Waals surface area contributed by atoms with Gasteiger partial charge in [-0.05, 0) is 23.6 Å². The number of hydrogen-bond donors (Lipinski definition) is 3. The quantitative estimate of drug-likeness (QED) is 0.243. The Morgan fingerprint density at radius 3 is 2.30 bits per heavy atom. The third kappa shape index (κ3) is 4.96. The van der Waals surface area contributed by atoms with Crippen molar-refractivity contribution in [2.24, 2.45) is 10.9 Å². The molecule has 33 heavy (non-hydrogen) atoms. The number of carboxylic acid groups (broad SMARTS) is 1. The molecule has 10 nitrogen and oxygen atoms in total. The Balaban J connectivity index is 0.00000385. The van der Waals surface area contributed by atoms with E-state index in [4.69, 9.17) is 5.84 Å². The molecule has 11 heteroatoms. The van der Waals surface area contributed by atoms with Crippen LogP contribution in [0.5, 0.6) is 0 Å². The molecule has 2 atom stereocenters. The van der Waals surface area contributed by atoms with Gasteiger partial charge in [0.1, 0.15) is 5.54 Å². The van der Waals surface area contributed by atoms with Crippen LogP contribution in [0.4, 0.5) is 4.79 Å². The molecule has 1 aliphatic heterocycles. The van der Waals surface area contributed by atoms with Crippen LogP contribution >= 0.6 is 12.4 Å². The van der Waals surface area contributed by atoms with E-state index in [0.29, 0.717) is 21.7 Å². The first-order valence-corrected chi connectivity index (χ1v) is 9.76. The molecule has 0 bridgehead atoms. The van der Waals surface area contributed by atoms with Gasteiger partial charge in [-0.3, -0.25) is 14.4 Å². The van der Waals surface area contributed by atoms with Gasteiger partial charge in [0, 0.05) is 6.92 Å². The molecule has 1 saturated heterocycles. The van der Waals surface area contributed by atoms with Crippen LogP contribution < -0.4 is 11.2 Å². The Kier molecular flexibility index (Phi) is 7.78. The van der Waals surface area contributed by atoms with Crippen molar-refractivity contribution in [2.75, 3.05) is 0 Å². The lowest BCUT2D eigenvalue weighted by molar-refractivity contribution is -0.162. The molecule has 4 amide bonds. The number of aliphatic carboxylic acids is 1. The fourth-order valence-corrected chi connectivity index (χ4v) is 3.69. The lowest BCUT2D eigenvalue weighted by Crippen LogP contribution is -2.52. The van der Waals surface area contributed by atoms with Crippen LogP contribution in [0.2, 0.25) is 0 Å². The SMILES string of the molecule is CC(=O)N([C@@H](CC(=O)O)c1ccccc1)N1C(=O)N[C@](C)(c2ccc(C=NN)cc2)C1=O.Cl. The van der Waals surface area contributed by atoms with E-state index in [1.807, 2.05) is 0 Å². The van der Waals surface area contributed by atoms with Crippen LogP contribution in [0.3, 0.4) is 0 Å². The zero-order valence-electron chi connectivity index (χ0n) is 18.0. The summed E-state index contributed by atoms with van der Waals surface area (Å²) >= 11 is 0. The number of rotatable bonds is 7. The van der Waals surface area contributed by atoms with Gasteiger partial charge in [-0.2, -0.15) is 10.1 Å². The van der Waals surface area contributed by atoms with Gasteiger partial charge in [0.15, 0.2) is 0 Å². The Bertz CT molecular complexity index is 1080. The summed E-state index contributed by atoms with van der Waals surface area (Å²) in [5.74, 6) is 2.61. The molecule has 0 saturated carbocycles. The van der Waals surface area contributed by atoms with Crippen molar-refractivity contribution in [2.45, 2.75) is 31.8 Å². The maximum Gasteiger partial charge on any atom is 0.344 e. The standard InChI is InChI=1S/C22H23N5O5.ClH/c1-14(28)26(18(12-19(29)30)16-6-4-3-5-7-16)27-20(31)22(2,25-21(27)32)17-10-8-15(9-11-17)13-24-23;/h3-11,13,18H,12,23H2,1-2H3,(H,25,32)(H,29,30);1H/t18-,22+;/m0./s1. The third-order valence-electron chi connectivity index (χ3n) is 5.27. The zero-order chi connectivity index (χ0) is 23.5. The third-order valence-corrected chi connectivity index (χ3v) is 5.27. The van der Waals surface area contributed by atoms with E-state index in [9.17, 15) is 24.3 Å². The highest BCUT2D eigenvalue weighted by molar-refractivity contribution is 6.08. The van der Waals surface area contributed by atoms with Gasteiger partial charge in [-0.25, -0.2) is 9.80 Å². The average Bonchev–Trinajstić information content (AvgIpc) is 2.98. The van der Waals surface area contributed by atoms with Crippen molar-refractivity contribution in [1.29, 1.82) is 0 Å². The number of imide groups is 1. The first-order valence-electron chi connectivity index (χ1n) is 9.76. The van der Waals surface area contributed by atoms with E-state index in [-0.39, 0.29) is 12.4 Å². The molecule has 2 aromatic carbocycles. The van der Waals surface area contributed by atoms with Gasteiger partial charge in [0.25, 0.3) is 5.91 Å². The summed E-state index contributed by atoms with van der Waals surface area (Å²) in [6.07, 6.45) is 0.936. The molecule has 174 valence electrons. The number of hydrazone groups is 1. The lowest BCUT2D eigenvalue weighted by Gasteiger charge is -2.35. The van der Waals surface area contributed by atoms with Crippen molar-refractivity contribution >= 4 is 42.4 Å². The molecular weight excluding hydrogens is 450 g/mol. The number of hydrazine groups is 1. The Hall–Kier alpha value is -3.92. The highest BCUT2D eigenvalue weighted by atomic mass is 35.5. The van der Waals surface area contributed by atoms with Gasteiger partial charge in [-0.15, -0.1) is 12.4 Å². The van der Waals surface area contributed by atoms with E-state index < -0.39 is 41.8 Å². The molecule has 0 aliphatic carbocycles. The molecular formula is C22H24ClN5O5. The molecule has 0 aromatic heterocycles. The van der Waals surface area contributed by atoms with Gasteiger partial charge < -0.3 is 16.3 Å². The number of nitrogens with one attached hydrogen (secondary N) is 1. The predicted molar refractivity (Wildman–Crippen MR) is 122 cm³/mol. The van der Waals surface area contributed by atoms with Crippen molar-refractivity contribution in [3.63, 3.8) is 0 Å². The summed E-state index contributed by atoms with van der Waals surface area (Å²) in [4.78, 5) is 50.6. The number of carbonyl (C=O) groups excluding carboxylic acids is 3. The first-order chi connectivity index (χ1) is 15.2. The number of halogens is 1. The van der Waals surface area contributed by atoms with Crippen LogP contribution in [0.25, 0.3) is 0 Å². The Morgan fingerprint density at radius 1 is 1.18 bits per heavy atom. The van der Waals surface area contributed by atoms with Crippen molar-refractivity contribution in [1.82, 2.24) is 15.3 Å². The summed E-state index contributed by atoms with van der Waals surface area (Å²) in [6, 6.07) is 13.1. The smallest absolute Gasteiger partial charge is 0.344 e. The number of nitrogens with two attached hydrogens (primary N) is 1. The summed E-state index contributed by atoms with van der Waals surface area (Å²) in [5.41, 5.74) is 0.188. The van der Waals surface area contributed by atoms with Crippen molar-refractivity contribution in [3.05, 3.63) is 71.3 Å². The van der Waals surface area contributed by atoms with Crippen LogP contribution in [0.15, 0.2) is 59.7 Å². The second-order valence-corrected chi connectivity index (χ2v) is 7.46. The van der Waals surface area contributed by atoms with Gasteiger partial charge >= 0.3 is 12.0 Å². The Labute approximate surface area is 196 Å². The molecule has 1 heterocycles. The number of hydrogen-bond acceptors (Lipinski definition) is 6. The van der Waals surface area contributed by atoms with E-state index in [1.54, 1.807) is 54.6 Å².